The second kappa shape index (κ2) is 3.72. The third-order valence-electron chi connectivity index (χ3n) is 4.47. The van der Waals surface area contributed by atoms with Crippen LogP contribution in [-0.4, -0.2) is 33.5 Å². The lowest BCUT2D eigenvalue weighted by Gasteiger charge is -2.58. The number of piperidine rings is 2. The van der Waals surface area contributed by atoms with E-state index in [9.17, 15) is 14.7 Å². The number of carbonyl (C=O) groups is 2. The number of hydrogen-bond donors (Lipinski definition) is 1. The van der Waals surface area contributed by atoms with Crippen LogP contribution in [0.4, 0.5) is 4.79 Å². The highest BCUT2D eigenvalue weighted by Crippen LogP contribution is 2.49. The van der Waals surface area contributed by atoms with E-state index in [1.807, 2.05) is 20.8 Å². The third-order valence-corrected chi connectivity index (χ3v) is 4.47. The number of fused-ring (bicyclic) bond motifs is 2. The van der Waals surface area contributed by atoms with Crippen LogP contribution in [-0.2, 0) is 4.79 Å². The summed E-state index contributed by atoms with van der Waals surface area (Å²) in [4.78, 5) is 25.4. The Morgan fingerprint density at radius 2 is 2.06 bits per heavy atom. The number of Topliss-reactive ketones (excluding diaryl/α,β-unsaturated/α-hetero) is 1. The van der Waals surface area contributed by atoms with Crippen molar-refractivity contribution in [2.24, 2.45) is 5.41 Å². The van der Waals surface area contributed by atoms with Crippen LogP contribution in [0.5, 0.6) is 0 Å². The lowest BCUT2D eigenvalue weighted by atomic mass is 9.61. The van der Waals surface area contributed by atoms with Gasteiger partial charge in [-0.15, -0.1) is 0 Å². The van der Waals surface area contributed by atoms with Crippen LogP contribution >= 0.6 is 0 Å². The number of rotatable bonds is 0. The average molecular weight is 239 g/mol. The van der Waals surface area contributed by atoms with Crippen LogP contribution < -0.4 is 0 Å². The summed E-state index contributed by atoms with van der Waals surface area (Å²) in [5.41, 5.74) is -1.12. The Labute approximate surface area is 102 Å². The Morgan fingerprint density at radius 3 is 2.53 bits per heavy atom. The number of nitrogens with zero attached hydrogens (tertiary/aromatic N) is 1. The van der Waals surface area contributed by atoms with Gasteiger partial charge in [0, 0.05) is 12.5 Å². The van der Waals surface area contributed by atoms with Crippen molar-refractivity contribution < 1.29 is 14.7 Å². The van der Waals surface area contributed by atoms with Gasteiger partial charge in [0.25, 0.3) is 0 Å². The summed E-state index contributed by atoms with van der Waals surface area (Å²) in [5, 5.41) is 9.46. The van der Waals surface area contributed by atoms with E-state index >= 15 is 0 Å². The second-order valence-electron chi connectivity index (χ2n) is 6.27. The molecule has 0 unspecified atom stereocenters. The predicted octanol–water partition coefficient (Wildman–Crippen LogP) is 2.67. The first-order valence-electron chi connectivity index (χ1n) is 6.36. The Kier molecular flexibility index (Phi) is 2.71. The summed E-state index contributed by atoms with van der Waals surface area (Å²) in [5.74, 6) is 0.114. The first-order chi connectivity index (χ1) is 7.80. The summed E-state index contributed by atoms with van der Waals surface area (Å²) in [6.07, 6.45) is 2.83. The van der Waals surface area contributed by atoms with Crippen molar-refractivity contribution >= 4 is 11.9 Å². The van der Waals surface area contributed by atoms with Crippen molar-refractivity contribution in [2.45, 2.75) is 64.5 Å². The molecule has 0 radical (unpaired) electrons. The molecular weight excluding hydrogens is 218 g/mol. The topological polar surface area (TPSA) is 57.6 Å². The molecule has 0 saturated carbocycles. The van der Waals surface area contributed by atoms with E-state index in [4.69, 9.17) is 0 Å². The van der Waals surface area contributed by atoms with E-state index in [2.05, 4.69) is 0 Å². The van der Waals surface area contributed by atoms with Crippen molar-refractivity contribution in [1.29, 1.82) is 0 Å². The van der Waals surface area contributed by atoms with Gasteiger partial charge in [-0.3, -0.25) is 9.69 Å². The van der Waals surface area contributed by atoms with Crippen molar-refractivity contribution in [1.82, 2.24) is 4.90 Å². The smallest absolute Gasteiger partial charge is 0.408 e. The molecule has 0 spiro atoms. The molecule has 4 nitrogen and oxygen atoms in total. The molecule has 17 heavy (non-hydrogen) atoms. The van der Waals surface area contributed by atoms with Gasteiger partial charge in [0.05, 0.1) is 0 Å². The monoisotopic (exact) mass is 239 g/mol. The highest BCUT2D eigenvalue weighted by molar-refractivity contribution is 5.93. The molecule has 2 rings (SSSR count). The molecule has 2 saturated heterocycles. The Balaban J connectivity index is 2.53. The van der Waals surface area contributed by atoms with E-state index in [-0.39, 0.29) is 17.2 Å². The summed E-state index contributed by atoms with van der Waals surface area (Å²) < 4.78 is 0. The maximum absolute atomic E-state index is 12.4. The van der Waals surface area contributed by atoms with Crippen LogP contribution in [0, 0.1) is 5.41 Å². The van der Waals surface area contributed by atoms with Gasteiger partial charge in [0.2, 0.25) is 0 Å². The number of ketones is 1. The molecule has 0 aromatic carbocycles. The summed E-state index contributed by atoms with van der Waals surface area (Å²) >= 11 is 0. The van der Waals surface area contributed by atoms with Crippen LogP contribution in [0.3, 0.4) is 0 Å². The molecule has 1 amide bonds. The van der Waals surface area contributed by atoms with Crippen LogP contribution in [0.1, 0.15) is 52.9 Å². The second-order valence-corrected chi connectivity index (χ2v) is 6.27. The van der Waals surface area contributed by atoms with E-state index < -0.39 is 11.6 Å². The van der Waals surface area contributed by atoms with E-state index in [0.717, 1.165) is 12.8 Å². The van der Waals surface area contributed by atoms with E-state index in [1.54, 1.807) is 0 Å². The van der Waals surface area contributed by atoms with Crippen molar-refractivity contribution in [3.8, 4) is 0 Å². The molecule has 0 aromatic rings. The maximum atomic E-state index is 12.4. The molecule has 96 valence electrons. The van der Waals surface area contributed by atoms with Crippen molar-refractivity contribution in [2.75, 3.05) is 0 Å². The largest absolute Gasteiger partial charge is 0.465 e. The fourth-order valence-electron chi connectivity index (χ4n) is 3.68. The molecular formula is C13H21NO3. The summed E-state index contributed by atoms with van der Waals surface area (Å²) in [6.45, 7) is 5.94. The van der Waals surface area contributed by atoms with Gasteiger partial charge in [0.15, 0.2) is 5.78 Å². The maximum Gasteiger partial charge on any atom is 0.408 e. The molecule has 2 aliphatic heterocycles. The Morgan fingerprint density at radius 1 is 1.41 bits per heavy atom. The van der Waals surface area contributed by atoms with E-state index in [0.29, 0.717) is 19.3 Å². The Bertz CT molecular complexity index is 358. The molecule has 2 aliphatic rings. The minimum atomic E-state index is -0.933. The lowest BCUT2D eigenvalue weighted by Crippen LogP contribution is -2.70. The number of amides is 1. The average Bonchev–Trinajstić information content (AvgIpc) is 2.21. The van der Waals surface area contributed by atoms with Crippen LogP contribution in [0.2, 0.25) is 0 Å². The van der Waals surface area contributed by atoms with Crippen molar-refractivity contribution in [3.63, 3.8) is 0 Å². The summed E-state index contributed by atoms with van der Waals surface area (Å²) in [7, 11) is 0. The molecule has 2 atom stereocenters. The zero-order valence-electron chi connectivity index (χ0n) is 10.8. The van der Waals surface area contributed by atoms with E-state index in [1.165, 1.54) is 4.90 Å². The summed E-state index contributed by atoms with van der Waals surface area (Å²) in [6, 6.07) is 0.0400. The van der Waals surface area contributed by atoms with Gasteiger partial charge in [-0.05, 0) is 31.1 Å². The molecule has 0 aliphatic carbocycles. The van der Waals surface area contributed by atoms with Gasteiger partial charge in [-0.25, -0.2) is 4.79 Å². The zero-order chi connectivity index (χ0) is 12.8. The van der Waals surface area contributed by atoms with Gasteiger partial charge < -0.3 is 5.11 Å². The molecule has 2 bridgehead atoms. The van der Waals surface area contributed by atoms with Crippen LogP contribution in [0.15, 0.2) is 0 Å². The molecule has 0 aromatic heterocycles. The molecule has 2 fully saturated rings. The fraction of sp³-hybridized carbons (Fsp3) is 0.846. The number of carbonyl (C=O) groups excluding carboxylic acids is 1. The van der Waals surface area contributed by atoms with Crippen molar-refractivity contribution in [3.05, 3.63) is 0 Å². The predicted molar refractivity (Wildman–Crippen MR) is 63.9 cm³/mol. The van der Waals surface area contributed by atoms with Gasteiger partial charge in [0.1, 0.15) is 5.54 Å². The van der Waals surface area contributed by atoms with Gasteiger partial charge in [-0.2, -0.15) is 0 Å². The first-order valence-corrected chi connectivity index (χ1v) is 6.36. The van der Waals surface area contributed by atoms with Gasteiger partial charge >= 0.3 is 6.09 Å². The standard InChI is InChI=1S/C13H21NO3/c1-12(2,3)13-8-4-5-9(6-7-10(13)15)14(13)11(16)17/h9H,4-8H2,1-3H3,(H,16,17)/t9-,13-/m0/s1. The highest BCUT2D eigenvalue weighted by atomic mass is 16.4. The molecule has 1 N–H and O–H groups in total. The minimum absolute atomic E-state index is 0.0400. The fourth-order valence-corrected chi connectivity index (χ4v) is 3.68. The SMILES string of the molecule is CC(C)(C)[C@]12CCC[C@@H](CCC1=O)N2C(=O)O. The third kappa shape index (κ3) is 1.57. The zero-order valence-corrected chi connectivity index (χ0v) is 10.8. The lowest BCUT2D eigenvalue weighted by molar-refractivity contribution is -0.151. The minimum Gasteiger partial charge on any atom is -0.465 e. The molecule has 4 heteroatoms. The quantitative estimate of drug-likeness (QED) is 0.707. The van der Waals surface area contributed by atoms with Crippen LogP contribution in [0.25, 0.3) is 0 Å². The highest BCUT2D eigenvalue weighted by Gasteiger charge is 2.59. The Hall–Kier alpha value is -1.06. The number of hydrogen-bond acceptors (Lipinski definition) is 2. The molecule has 2 heterocycles. The first kappa shape index (κ1) is 12.4. The number of carboxylic acid groups (broad SMARTS) is 1. The normalized spacial score (nSPS) is 33.7. The van der Waals surface area contributed by atoms with Gasteiger partial charge in [-0.1, -0.05) is 20.8 Å².